The maximum Gasteiger partial charge on any atom is 0 e. The molecule has 1 nitrogen and oxygen atoms in total. The van der Waals surface area contributed by atoms with Gasteiger partial charge in [-0.05, 0) is 12.5 Å². The van der Waals surface area contributed by atoms with Gasteiger partial charge in [0, 0.05) is 32.7 Å². The maximum absolute atomic E-state index is 5.66. The van der Waals surface area contributed by atoms with Crippen molar-refractivity contribution in [3.05, 3.63) is 19.1 Å². The summed E-state index contributed by atoms with van der Waals surface area (Å²) >= 11 is 0. The van der Waals surface area contributed by atoms with Crippen LogP contribution in [0.4, 0.5) is 0 Å². The van der Waals surface area contributed by atoms with Crippen molar-refractivity contribution in [3.8, 4) is 0 Å². The molecule has 0 saturated heterocycles. The summed E-state index contributed by atoms with van der Waals surface area (Å²) in [6.07, 6.45) is 6.35. The van der Waals surface area contributed by atoms with Crippen molar-refractivity contribution in [2.24, 2.45) is 11.7 Å². The number of hydrogen-bond acceptors (Lipinski definition) is 1. The summed E-state index contributed by atoms with van der Waals surface area (Å²) in [5.41, 5.74) is 5.66. The fourth-order valence-corrected chi connectivity index (χ4v) is 0.892. The van der Waals surface area contributed by atoms with E-state index in [1.54, 1.807) is 0 Å². The first-order chi connectivity index (χ1) is 3.80. The van der Waals surface area contributed by atoms with Crippen LogP contribution in [0.15, 0.2) is 12.2 Å². The second-order valence-electron chi connectivity index (χ2n) is 2.37. The summed E-state index contributed by atoms with van der Waals surface area (Å²) < 4.78 is 0. The SMILES string of the molecule is [CH2-]C1CC=CCC1N.[Y]. The molecule has 1 aliphatic rings. The molecule has 0 aromatic carbocycles. The van der Waals surface area contributed by atoms with Crippen LogP contribution in [-0.4, -0.2) is 6.04 Å². The molecular formula is C7H12NY-. The van der Waals surface area contributed by atoms with Crippen LogP contribution < -0.4 is 5.73 Å². The molecule has 1 aliphatic carbocycles. The molecule has 0 fully saturated rings. The number of rotatable bonds is 0. The normalized spacial score (nSPS) is 33.6. The second kappa shape index (κ2) is 4.59. The topological polar surface area (TPSA) is 26.0 Å². The van der Waals surface area contributed by atoms with Crippen molar-refractivity contribution < 1.29 is 32.7 Å². The van der Waals surface area contributed by atoms with Gasteiger partial charge in [0.2, 0.25) is 0 Å². The Morgan fingerprint density at radius 3 is 2.22 bits per heavy atom. The fraction of sp³-hybridized carbons (Fsp3) is 0.571. The average molecular weight is 199 g/mol. The van der Waals surface area contributed by atoms with E-state index in [1.165, 1.54) is 0 Å². The molecule has 0 bridgehead atoms. The van der Waals surface area contributed by atoms with E-state index >= 15 is 0 Å². The molecule has 0 aromatic rings. The minimum Gasteiger partial charge on any atom is -0.338 e. The van der Waals surface area contributed by atoms with Gasteiger partial charge in [-0.15, -0.1) is 0 Å². The number of hydrogen-bond donors (Lipinski definition) is 1. The predicted molar refractivity (Wildman–Crippen MR) is 35.2 cm³/mol. The minimum atomic E-state index is 0. The van der Waals surface area contributed by atoms with Crippen molar-refractivity contribution in [2.45, 2.75) is 18.9 Å². The van der Waals surface area contributed by atoms with Crippen molar-refractivity contribution in [1.82, 2.24) is 0 Å². The number of nitrogens with two attached hydrogens (primary N) is 1. The number of allylic oxidation sites excluding steroid dienone is 1. The summed E-state index contributed by atoms with van der Waals surface area (Å²) in [6.45, 7) is 3.90. The van der Waals surface area contributed by atoms with Crippen molar-refractivity contribution in [1.29, 1.82) is 0 Å². The van der Waals surface area contributed by atoms with Gasteiger partial charge in [0.05, 0.1) is 0 Å². The molecule has 1 rings (SSSR count). The molecular weight excluding hydrogens is 187 g/mol. The van der Waals surface area contributed by atoms with Gasteiger partial charge in [0.25, 0.3) is 0 Å². The van der Waals surface area contributed by atoms with E-state index in [0.29, 0.717) is 12.0 Å². The van der Waals surface area contributed by atoms with Gasteiger partial charge in [-0.25, -0.2) is 0 Å². The van der Waals surface area contributed by atoms with Crippen LogP contribution in [0.1, 0.15) is 12.8 Å². The molecule has 0 aromatic heterocycles. The first-order valence-corrected chi connectivity index (χ1v) is 3.04. The van der Waals surface area contributed by atoms with Gasteiger partial charge in [-0.3, -0.25) is 0 Å². The monoisotopic (exact) mass is 199 g/mol. The Kier molecular flexibility index (Phi) is 5.00. The summed E-state index contributed by atoms with van der Waals surface area (Å²) in [5, 5.41) is 0. The molecule has 49 valence electrons. The maximum atomic E-state index is 5.66. The van der Waals surface area contributed by atoms with E-state index in [0.717, 1.165) is 12.8 Å². The van der Waals surface area contributed by atoms with Gasteiger partial charge in [-0.2, -0.15) is 5.92 Å². The van der Waals surface area contributed by atoms with E-state index in [4.69, 9.17) is 5.73 Å². The van der Waals surface area contributed by atoms with Gasteiger partial charge in [-0.1, -0.05) is 18.6 Å². The van der Waals surface area contributed by atoms with Crippen LogP contribution in [0.2, 0.25) is 0 Å². The van der Waals surface area contributed by atoms with Gasteiger partial charge in [0.1, 0.15) is 0 Å². The Bertz CT molecular complexity index is 89.1. The third-order valence-corrected chi connectivity index (χ3v) is 1.62. The van der Waals surface area contributed by atoms with Crippen molar-refractivity contribution in [3.63, 3.8) is 0 Å². The van der Waals surface area contributed by atoms with Crippen LogP contribution in [0, 0.1) is 12.8 Å². The first kappa shape index (κ1) is 9.80. The van der Waals surface area contributed by atoms with E-state index in [-0.39, 0.29) is 32.7 Å². The van der Waals surface area contributed by atoms with Crippen molar-refractivity contribution >= 4 is 0 Å². The fourth-order valence-electron chi connectivity index (χ4n) is 0.892. The predicted octanol–water partition coefficient (Wildman–Crippen LogP) is 1.11. The zero-order valence-electron chi connectivity index (χ0n) is 5.59. The minimum absolute atomic E-state index is 0. The standard InChI is InChI=1S/C7H12N.Y/c1-6-4-2-3-5-7(6)8;/h2-3,6-7H,1,4-5,8H2;/q-1;. The molecule has 1 radical (unpaired) electrons. The molecule has 9 heavy (non-hydrogen) atoms. The van der Waals surface area contributed by atoms with E-state index in [9.17, 15) is 0 Å². The van der Waals surface area contributed by atoms with Crippen LogP contribution in [0.5, 0.6) is 0 Å². The summed E-state index contributed by atoms with van der Waals surface area (Å²) in [7, 11) is 0. The third-order valence-electron chi connectivity index (χ3n) is 1.62. The molecule has 0 amide bonds. The Labute approximate surface area is 82.0 Å². The quantitative estimate of drug-likeness (QED) is 0.459. The molecule has 2 heteroatoms. The Morgan fingerprint density at radius 2 is 1.89 bits per heavy atom. The Hall–Kier alpha value is 0.804. The summed E-state index contributed by atoms with van der Waals surface area (Å²) in [4.78, 5) is 0. The first-order valence-electron chi connectivity index (χ1n) is 3.04. The summed E-state index contributed by atoms with van der Waals surface area (Å²) in [6, 6.07) is 0.306. The third kappa shape index (κ3) is 2.93. The van der Waals surface area contributed by atoms with Gasteiger partial charge < -0.3 is 12.7 Å². The van der Waals surface area contributed by atoms with E-state index < -0.39 is 0 Å². The molecule has 0 aliphatic heterocycles. The van der Waals surface area contributed by atoms with Crippen LogP contribution in [-0.2, 0) is 32.7 Å². The summed E-state index contributed by atoms with van der Waals surface area (Å²) in [5.74, 6) is 0.444. The molecule has 2 N–H and O–H groups in total. The molecule has 2 unspecified atom stereocenters. The van der Waals surface area contributed by atoms with E-state index in [2.05, 4.69) is 19.1 Å². The second-order valence-corrected chi connectivity index (χ2v) is 2.37. The molecule has 0 spiro atoms. The molecule has 2 atom stereocenters. The Balaban J connectivity index is 0.000000640. The zero-order chi connectivity index (χ0) is 5.98. The van der Waals surface area contributed by atoms with Gasteiger partial charge in [0.15, 0.2) is 0 Å². The average Bonchev–Trinajstić information content (AvgIpc) is 1.77. The van der Waals surface area contributed by atoms with Crippen LogP contribution >= 0.6 is 0 Å². The largest absolute Gasteiger partial charge is 0.338 e. The van der Waals surface area contributed by atoms with Crippen LogP contribution in [0.3, 0.4) is 0 Å². The van der Waals surface area contributed by atoms with Crippen molar-refractivity contribution in [2.75, 3.05) is 0 Å². The van der Waals surface area contributed by atoms with Crippen LogP contribution in [0.25, 0.3) is 0 Å². The smallest absolute Gasteiger partial charge is 0 e. The Morgan fingerprint density at radius 1 is 1.33 bits per heavy atom. The zero-order valence-corrected chi connectivity index (χ0v) is 8.42. The molecule has 0 saturated carbocycles. The van der Waals surface area contributed by atoms with E-state index in [1.807, 2.05) is 0 Å². The molecule has 0 heterocycles. The van der Waals surface area contributed by atoms with Gasteiger partial charge >= 0.3 is 0 Å².